The van der Waals surface area contributed by atoms with Crippen LogP contribution >= 0.6 is 0 Å². The maximum Gasteiger partial charge on any atom is 0.260 e. The second-order valence-corrected chi connectivity index (χ2v) is 5.18. The molecule has 8 nitrogen and oxygen atoms in total. The molecular weight excluding hydrogens is 377 g/mol. The molecule has 0 saturated heterocycles. The Labute approximate surface area is 155 Å². The number of amides is 1. The largest absolute Gasteiger partial charge is 0.454 e. The first-order valence-electron chi connectivity index (χ1n) is 7.62. The smallest absolute Gasteiger partial charge is 0.260 e. The first-order chi connectivity index (χ1) is 13.5. The van der Waals surface area contributed by atoms with Gasteiger partial charge < -0.3 is 15.8 Å². The van der Waals surface area contributed by atoms with Crippen LogP contribution < -0.4 is 15.8 Å². The first-order valence-corrected chi connectivity index (χ1v) is 7.62. The summed E-state index contributed by atoms with van der Waals surface area (Å²) in [6.45, 7) is 0. The van der Waals surface area contributed by atoms with Crippen molar-refractivity contribution < 1.29 is 22.7 Å². The minimum atomic E-state index is -1.27. The predicted molar refractivity (Wildman–Crippen MR) is 93.0 cm³/mol. The lowest BCUT2D eigenvalue weighted by molar-refractivity contribution is 0.102. The van der Waals surface area contributed by atoms with Gasteiger partial charge in [-0.2, -0.15) is 4.39 Å². The normalized spacial score (nSPS) is 10.8. The third-order valence-corrected chi connectivity index (χ3v) is 3.26. The number of nitrogens with two attached hydrogens (primary N) is 1. The van der Waals surface area contributed by atoms with Crippen LogP contribution in [-0.4, -0.2) is 27.2 Å². The number of nitrogens with zero attached hydrogens (tertiary/aromatic N) is 4. The van der Waals surface area contributed by atoms with E-state index >= 15 is 0 Å². The monoisotopic (exact) mass is 388 g/mol. The molecule has 0 radical (unpaired) electrons. The molecule has 3 rings (SSSR count). The first kappa shape index (κ1) is 18.8. The van der Waals surface area contributed by atoms with Crippen LogP contribution in [0.1, 0.15) is 10.4 Å². The molecule has 142 valence electrons. The van der Waals surface area contributed by atoms with E-state index < -0.39 is 23.5 Å². The number of ether oxygens (including phenoxy) is 1. The number of hydrogen-bond acceptors (Lipinski definition) is 6. The highest BCUT2D eigenvalue weighted by Gasteiger charge is 2.16. The highest BCUT2D eigenvalue weighted by atomic mass is 19.2. The Morgan fingerprint density at radius 1 is 1.07 bits per heavy atom. The van der Waals surface area contributed by atoms with E-state index in [0.29, 0.717) is 0 Å². The van der Waals surface area contributed by atoms with E-state index in [4.69, 9.17) is 10.5 Å². The van der Waals surface area contributed by atoms with Crippen LogP contribution in [0.15, 0.2) is 47.8 Å². The molecule has 0 atom stereocenters. The SMILES string of the molecule is N/C=N\c1ncc(Oc2cnc(F)c(F)c2)cc1C(=O)Nc1ccc(F)cn1. The molecule has 0 saturated carbocycles. The van der Waals surface area contributed by atoms with E-state index in [1.807, 2.05) is 0 Å². The lowest BCUT2D eigenvalue weighted by atomic mass is 10.2. The second kappa shape index (κ2) is 8.12. The van der Waals surface area contributed by atoms with Crippen molar-refractivity contribution in [3.63, 3.8) is 0 Å². The molecular formula is C17H11F3N6O2. The van der Waals surface area contributed by atoms with Gasteiger partial charge in [-0.25, -0.2) is 28.7 Å². The van der Waals surface area contributed by atoms with Gasteiger partial charge in [0.05, 0.1) is 30.5 Å². The van der Waals surface area contributed by atoms with Gasteiger partial charge in [-0.1, -0.05) is 0 Å². The fraction of sp³-hybridized carbons (Fsp3) is 0. The Hall–Kier alpha value is -4.02. The van der Waals surface area contributed by atoms with Crippen molar-refractivity contribution in [2.45, 2.75) is 0 Å². The summed E-state index contributed by atoms with van der Waals surface area (Å²) in [7, 11) is 0. The van der Waals surface area contributed by atoms with Gasteiger partial charge in [0, 0.05) is 6.07 Å². The zero-order valence-corrected chi connectivity index (χ0v) is 13.9. The zero-order chi connectivity index (χ0) is 20.1. The van der Waals surface area contributed by atoms with Crippen molar-refractivity contribution in [2.24, 2.45) is 10.7 Å². The van der Waals surface area contributed by atoms with Crippen LogP contribution in [0.3, 0.4) is 0 Å². The predicted octanol–water partition coefficient (Wildman–Crippen LogP) is 2.95. The fourth-order valence-electron chi connectivity index (χ4n) is 2.06. The van der Waals surface area contributed by atoms with Crippen LogP contribution in [0.2, 0.25) is 0 Å². The second-order valence-electron chi connectivity index (χ2n) is 5.18. The Morgan fingerprint density at radius 3 is 2.50 bits per heavy atom. The molecule has 11 heteroatoms. The standard InChI is InChI=1S/C17H11F3N6O2/c18-9-1-2-14(22-5-9)26-17(27)12-3-10(7-24-16(12)25-8-21)28-11-4-13(19)15(20)23-6-11/h1-8H,(H2,21,24,25)(H,22,26,27). The van der Waals surface area contributed by atoms with Gasteiger partial charge in [-0.3, -0.25) is 4.79 Å². The number of nitrogens with one attached hydrogen (secondary N) is 1. The Balaban J connectivity index is 1.89. The van der Waals surface area contributed by atoms with E-state index in [1.54, 1.807) is 0 Å². The number of anilines is 1. The summed E-state index contributed by atoms with van der Waals surface area (Å²) < 4.78 is 44.5. The van der Waals surface area contributed by atoms with Gasteiger partial charge >= 0.3 is 0 Å². The quantitative estimate of drug-likeness (QED) is 0.394. The van der Waals surface area contributed by atoms with Gasteiger partial charge in [0.15, 0.2) is 11.6 Å². The van der Waals surface area contributed by atoms with E-state index in [2.05, 4.69) is 25.3 Å². The lowest BCUT2D eigenvalue weighted by Gasteiger charge is -2.10. The molecule has 3 aromatic heterocycles. The number of aromatic nitrogens is 3. The summed E-state index contributed by atoms with van der Waals surface area (Å²) in [5.74, 6) is -3.74. The van der Waals surface area contributed by atoms with E-state index in [9.17, 15) is 18.0 Å². The van der Waals surface area contributed by atoms with Crippen LogP contribution in [-0.2, 0) is 0 Å². The maximum atomic E-state index is 13.3. The molecule has 3 aromatic rings. The van der Waals surface area contributed by atoms with E-state index in [-0.39, 0.29) is 28.7 Å². The number of aliphatic imine (C=N–C) groups is 1. The number of rotatable bonds is 5. The van der Waals surface area contributed by atoms with E-state index in [0.717, 1.165) is 30.9 Å². The molecule has 0 fully saturated rings. The highest BCUT2D eigenvalue weighted by Crippen LogP contribution is 2.26. The molecule has 0 spiro atoms. The van der Waals surface area contributed by atoms with Crippen LogP contribution in [0.4, 0.5) is 24.8 Å². The van der Waals surface area contributed by atoms with Gasteiger partial charge in [0.2, 0.25) is 5.95 Å². The average Bonchev–Trinajstić information content (AvgIpc) is 2.68. The third kappa shape index (κ3) is 4.38. The van der Waals surface area contributed by atoms with Gasteiger partial charge in [-0.15, -0.1) is 0 Å². The zero-order valence-electron chi connectivity index (χ0n) is 13.9. The average molecular weight is 388 g/mol. The molecule has 0 aliphatic rings. The molecule has 1 amide bonds. The van der Waals surface area contributed by atoms with Crippen LogP contribution in [0.25, 0.3) is 0 Å². The van der Waals surface area contributed by atoms with Crippen molar-refractivity contribution in [3.05, 3.63) is 66.0 Å². The molecule has 0 aromatic carbocycles. The number of halogens is 3. The Kier molecular flexibility index (Phi) is 5.44. The Bertz CT molecular complexity index is 1040. The number of carbonyl (C=O) groups excluding carboxylic acids is 1. The van der Waals surface area contributed by atoms with Crippen molar-refractivity contribution >= 4 is 23.9 Å². The van der Waals surface area contributed by atoms with Crippen molar-refractivity contribution in [3.8, 4) is 11.5 Å². The summed E-state index contributed by atoms with van der Waals surface area (Å²) in [6, 6.07) is 4.43. The topological polar surface area (TPSA) is 115 Å². The van der Waals surface area contributed by atoms with Crippen molar-refractivity contribution in [2.75, 3.05) is 5.32 Å². The van der Waals surface area contributed by atoms with Gasteiger partial charge in [0.25, 0.3) is 5.91 Å². The van der Waals surface area contributed by atoms with Crippen LogP contribution in [0, 0.1) is 17.6 Å². The van der Waals surface area contributed by atoms with Crippen LogP contribution in [0.5, 0.6) is 11.5 Å². The summed E-state index contributed by atoms with van der Waals surface area (Å²) >= 11 is 0. The molecule has 3 heterocycles. The molecule has 0 aliphatic carbocycles. The summed E-state index contributed by atoms with van der Waals surface area (Å²) in [4.78, 5) is 27.2. The summed E-state index contributed by atoms with van der Waals surface area (Å²) in [5.41, 5.74) is 5.20. The summed E-state index contributed by atoms with van der Waals surface area (Å²) in [6.07, 6.45) is 4.04. The Morgan fingerprint density at radius 2 is 1.82 bits per heavy atom. The van der Waals surface area contributed by atoms with Crippen molar-refractivity contribution in [1.82, 2.24) is 15.0 Å². The molecule has 3 N–H and O–H groups in total. The molecule has 0 aliphatic heterocycles. The lowest BCUT2D eigenvalue weighted by Crippen LogP contribution is -2.14. The fourth-order valence-corrected chi connectivity index (χ4v) is 2.06. The number of pyridine rings is 3. The number of hydrogen-bond donors (Lipinski definition) is 2. The number of carbonyl (C=O) groups is 1. The van der Waals surface area contributed by atoms with Gasteiger partial charge in [0.1, 0.15) is 23.1 Å². The molecule has 28 heavy (non-hydrogen) atoms. The van der Waals surface area contributed by atoms with Crippen molar-refractivity contribution in [1.29, 1.82) is 0 Å². The van der Waals surface area contributed by atoms with E-state index in [1.165, 1.54) is 18.3 Å². The third-order valence-electron chi connectivity index (χ3n) is 3.26. The minimum absolute atomic E-state index is 0.0287. The maximum absolute atomic E-state index is 13.3. The molecule has 0 unspecified atom stereocenters. The minimum Gasteiger partial charge on any atom is -0.454 e. The molecule has 0 bridgehead atoms. The van der Waals surface area contributed by atoms with Gasteiger partial charge in [-0.05, 0) is 18.2 Å². The summed E-state index contributed by atoms with van der Waals surface area (Å²) in [5, 5.41) is 2.44. The highest BCUT2D eigenvalue weighted by molar-refractivity contribution is 6.07.